The predicted molar refractivity (Wildman–Crippen MR) is 80.9 cm³/mol. The van der Waals surface area contributed by atoms with Gasteiger partial charge in [0.05, 0.1) is 19.8 Å². The summed E-state index contributed by atoms with van der Waals surface area (Å²) in [6.07, 6.45) is 1.14. The lowest BCUT2D eigenvalue weighted by Gasteiger charge is -2.36. The van der Waals surface area contributed by atoms with Crippen LogP contribution in [0.5, 0.6) is 0 Å². The Kier molecular flexibility index (Phi) is 4.85. The summed E-state index contributed by atoms with van der Waals surface area (Å²) in [5.74, 6) is 1.51. The number of carbonyl (C=O) groups is 2. The van der Waals surface area contributed by atoms with Crippen LogP contribution in [0.1, 0.15) is 30.9 Å². The average molecular weight is 322 g/mol. The first-order valence-corrected chi connectivity index (χ1v) is 8.06. The highest BCUT2D eigenvalue weighted by Gasteiger charge is 2.33. The first-order valence-electron chi connectivity index (χ1n) is 8.06. The number of rotatable bonds is 4. The summed E-state index contributed by atoms with van der Waals surface area (Å²) >= 11 is 0. The highest BCUT2D eigenvalue weighted by Crippen LogP contribution is 2.26. The van der Waals surface area contributed by atoms with Crippen LogP contribution in [0.3, 0.4) is 0 Å². The molecule has 1 aromatic rings. The maximum atomic E-state index is 12.7. The van der Waals surface area contributed by atoms with Gasteiger partial charge < -0.3 is 18.8 Å². The molecule has 2 amide bonds. The minimum Gasteiger partial charge on any atom is -0.464 e. The molecule has 2 fully saturated rings. The molecule has 2 aliphatic rings. The lowest BCUT2D eigenvalue weighted by Crippen LogP contribution is -2.49. The van der Waals surface area contributed by atoms with Crippen LogP contribution in [0.15, 0.2) is 16.5 Å². The maximum Gasteiger partial charge on any atom is 0.410 e. The van der Waals surface area contributed by atoms with Gasteiger partial charge in [-0.15, -0.1) is 0 Å². The molecule has 1 unspecified atom stereocenters. The molecule has 3 heterocycles. The fraction of sp³-hybridized carbons (Fsp3) is 0.625. The number of cyclic esters (lactones) is 1. The van der Waals surface area contributed by atoms with E-state index in [0.717, 1.165) is 24.4 Å². The number of nitrogens with zero attached hydrogens (tertiary/aromatic N) is 2. The molecule has 2 saturated heterocycles. The van der Waals surface area contributed by atoms with Crippen molar-refractivity contribution in [1.82, 2.24) is 9.80 Å². The van der Waals surface area contributed by atoms with Crippen molar-refractivity contribution in [2.45, 2.75) is 25.8 Å². The second-order valence-electron chi connectivity index (χ2n) is 5.72. The number of ether oxygens (including phenoxy) is 2. The monoisotopic (exact) mass is 322 g/mol. The molecule has 1 aromatic heterocycles. The first kappa shape index (κ1) is 15.9. The Morgan fingerprint density at radius 2 is 2.17 bits per heavy atom. The molecule has 0 radical (unpaired) electrons. The number of aryl methyl sites for hydroxylation is 1. The average Bonchev–Trinajstić information content (AvgIpc) is 3.06. The van der Waals surface area contributed by atoms with E-state index in [4.69, 9.17) is 13.9 Å². The van der Waals surface area contributed by atoms with Gasteiger partial charge in [-0.2, -0.15) is 0 Å². The molecule has 2 aliphatic heterocycles. The van der Waals surface area contributed by atoms with E-state index in [9.17, 15) is 9.59 Å². The lowest BCUT2D eigenvalue weighted by molar-refractivity contribution is -0.142. The minimum atomic E-state index is -0.416. The molecule has 7 nitrogen and oxygen atoms in total. The number of hydrogen-bond donors (Lipinski definition) is 0. The van der Waals surface area contributed by atoms with Crippen molar-refractivity contribution < 1.29 is 23.5 Å². The van der Waals surface area contributed by atoms with Gasteiger partial charge in [0, 0.05) is 19.5 Å². The SMILES string of the molecule is CCc1ccc(C2COCCN2C(=O)CN2CCCOC2=O)o1. The summed E-state index contributed by atoms with van der Waals surface area (Å²) in [5, 5.41) is 0. The van der Waals surface area contributed by atoms with Crippen LogP contribution in [-0.2, 0) is 20.7 Å². The summed E-state index contributed by atoms with van der Waals surface area (Å²) in [5.41, 5.74) is 0. The number of hydrogen-bond acceptors (Lipinski definition) is 5. The van der Waals surface area contributed by atoms with E-state index in [2.05, 4.69) is 0 Å². The molecule has 0 saturated carbocycles. The molecule has 0 spiro atoms. The third-order valence-corrected chi connectivity index (χ3v) is 4.19. The van der Waals surface area contributed by atoms with Gasteiger partial charge in [0.25, 0.3) is 0 Å². The van der Waals surface area contributed by atoms with Crippen LogP contribution < -0.4 is 0 Å². The van der Waals surface area contributed by atoms with Crippen LogP contribution in [0.25, 0.3) is 0 Å². The Morgan fingerprint density at radius 3 is 2.91 bits per heavy atom. The zero-order chi connectivity index (χ0) is 16.2. The predicted octanol–water partition coefficient (Wildman–Crippen LogP) is 1.58. The Balaban J connectivity index is 1.70. The van der Waals surface area contributed by atoms with Gasteiger partial charge in [0.1, 0.15) is 24.1 Å². The van der Waals surface area contributed by atoms with Crippen molar-refractivity contribution in [1.29, 1.82) is 0 Å². The number of morpholine rings is 1. The number of carbonyl (C=O) groups excluding carboxylic acids is 2. The standard InChI is InChI=1S/C16H22N2O5/c1-2-12-4-5-14(23-12)13-11-21-9-7-18(13)15(19)10-17-6-3-8-22-16(17)20/h4-5,13H,2-3,6-11H2,1H3. The van der Waals surface area contributed by atoms with Gasteiger partial charge in [0.15, 0.2) is 0 Å². The van der Waals surface area contributed by atoms with E-state index < -0.39 is 6.09 Å². The lowest BCUT2D eigenvalue weighted by atomic mass is 10.1. The van der Waals surface area contributed by atoms with E-state index in [0.29, 0.717) is 32.9 Å². The Morgan fingerprint density at radius 1 is 1.30 bits per heavy atom. The van der Waals surface area contributed by atoms with Gasteiger partial charge in [0.2, 0.25) is 5.91 Å². The van der Waals surface area contributed by atoms with Gasteiger partial charge in [-0.05, 0) is 18.6 Å². The molecule has 0 bridgehead atoms. The zero-order valence-corrected chi connectivity index (χ0v) is 13.3. The van der Waals surface area contributed by atoms with Crippen LogP contribution in [0.2, 0.25) is 0 Å². The molecule has 0 aromatic carbocycles. The molecule has 3 rings (SSSR count). The van der Waals surface area contributed by atoms with Crippen molar-refractivity contribution in [3.8, 4) is 0 Å². The zero-order valence-electron chi connectivity index (χ0n) is 13.3. The maximum absolute atomic E-state index is 12.7. The van der Waals surface area contributed by atoms with Crippen molar-refractivity contribution >= 4 is 12.0 Å². The van der Waals surface area contributed by atoms with E-state index in [1.807, 2.05) is 19.1 Å². The van der Waals surface area contributed by atoms with Gasteiger partial charge in [-0.3, -0.25) is 9.69 Å². The third kappa shape index (κ3) is 3.50. The van der Waals surface area contributed by atoms with E-state index in [-0.39, 0.29) is 18.5 Å². The van der Waals surface area contributed by atoms with Gasteiger partial charge in [-0.1, -0.05) is 6.92 Å². The molecule has 23 heavy (non-hydrogen) atoms. The Bertz CT molecular complexity index is 571. The second-order valence-corrected chi connectivity index (χ2v) is 5.72. The molecular formula is C16H22N2O5. The van der Waals surface area contributed by atoms with Crippen LogP contribution in [0.4, 0.5) is 4.79 Å². The number of furan rings is 1. The highest BCUT2D eigenvalue weighted by molar-refractivity contribution is 5.83. The molecule has 0 aliphatic carbocycles. The Labute approximate surface area is 135 Å². The molecule has 1 atom stereocenters. The fourth-order valence-corrected chi connectivity index (χ4v) is 2.90. The normalized spacial score (nSPS) is 22.1. The van der Waals surface area contributed by atoms with Crippen molar-refractivity contribution in [2.75, 3.05) is 39.5 Å². The summed E-state index contributed by atoms with van der Waals surface area (Å²) < 4.78 is 16.3. The minimum absolute atomic E-state index is 0.0384. The van der Waals surface area contributed by atoms with Crippen LogP contribution >= 0.6 is 0 Å². The van der Waals surface area contributed by atoms with Crippen LogP contribution in [0, 0.1) is 0 Å². The van der Waals surface area contributed by atoms with Crippen molar-refractivity contribution in [3.05, 3.63) is 23.7 Å². The molecule has 0 N–H and O–H groups in total. The molecular weight excluding hydrogens is 300 g/mol. The van der Waals surface area contributed by atoms with Gasteiger partial charge in [-0.25, -0.2) is 4.79 Å². The first-order chi connectivity index (χ1) is 11.2. The Hall–Kier alpha value is -2.02. The largest absolute Gasteiger partial charge is 0.464 e. The molecule has 7 heteroatoms. The van der Waals surface area contributed by atoms with E-state index in [1.165, 1.54) is 4.90 Å². The summed E-state index contributed by atoms with van der Waals surface area (Å²) in [4.78, 5) is 27.5. The van der Waals surface area contributed by atoms with Crippen molar-refractivity contribution in [3.63, 3.8) is 0 Å². The second kappa shape index (κ2) is 7.04. The summed E-state index contributed by atoms with van der Waals surface area (Å²) in [7, 11) is 0. The smallest absolute Gasteiger partial charge is 0.410 e. The topological polar surface area (TPSA) is 72.2 Å². The summed E-state index contributed by atoms with van der Waals surface area (Å²) in [6.45, 7) is 4.44. The quantitative estimate of drug-likeness (QED) is 0.841. The fourth-order valence-electron chi connectivity index (χ4n) is 2.90. The van der Waals surface area contributed by atoms with E-state index >= 15 is 0 Å². The van der Waals surface area contributed by atoms with E-state index in [1.54, 1.807) is 4.90 Å². The number of amides is 2. The van der Waals surface area contributed by atoms with Gasteiger partial charge >= 0.3 is 6.09 Å². The third-order valence-electron chi connectivity index (χ3n) is 4.19. The summed E-state index contributed by atoms with van der Waals surface area (Å²) in [6, 6.07) is 3.58. The highest BCUT2D eigenvalue weighted by atomic mass is 16.6. The van der Waals surface area contributed by atoms with Crippen LogP contribution in [-0.4, -0.2) is 61.3 Å². The van der Waals surface area contributed by atoms with Crippen molar-refractivity contribution in [2.24, 2.45) is 0 Å². The molecule has 126 valence electrons.